The number of aromatic nitrogens is 4. The smallest absolute Gasteiger partial charge is 0.413 e. The number of para-hydroxylation sites is 2. The summed E-state index contributed by atoms with van der Waals surface area (Å²) in [5.41, 5.74) is 11.2. The second kappa shape index (κ2) is 28.1. The third-order valence-electron chi connectivity index (χ3n) is 15.5. The lowest BCUT2D eigenvalue weighted by Crippen LogP contribution is -2.18. The van der Waals surface area contributed by atoms with Gasteiger partial charge in [-0.1, -0.05) is 177 Å². The van der Waals surface area contributed by atoms with Gasteiger partial charge in [0, 0.05) is 50.9 Å². The Balaban J connectivity index is 0.921. The van der Waals surface area contributed by atoms with Crippen LogP contribution in [-0.2, 0) is 0 Å². The Kier molecular flexibility index (Phi) is 20.1. The molecule has 0 amide bonds. The van der Waals surface area contributed by atoms with Gasteiger partial charge in [0.1, 0.15) is 13.2 Å². The van der Waals surface area contributed by atoms with Crippen molar-refractivity contribution in [2.75, 3.05) is 13.2 Å². The molecule has 406 valence electrons. The summed E-state index contributed by atoms with van der Waals surface area (Å²) in [7, 11) is -2.82. The molecular weight excluding hydrogens is 968 g/mol. The third kappa shape index (κ3) is 13.7. The highest BCUT2D eigenvalue weighted by molar-refractivity contribution is 6.42. The van der Waals surface area contributed by atoms with E-state index in [1.54, 1.807) is 18.5 Å². The van der Waals surface area contributed by atoms with Crippen LogP contribution in [0.1, 0.15) is 183 Å². The predicted molar refractivity (Wildman–Crippen MR) is 327 cm³/mol. The summed E-state index contributed by atoms with van der Waals surface area (Å²) in [6.45, 7) is 9.76. The van der Waals surface area contributed by atoms with E-state index in [1.165, 1.54) is 109 Å². The van der Waals surface area contributed by atoms with Gasteiger partial charge in [0.05, 0.1) is 33.5 Å². The number of pyridine rings is 1. The Hall–Kier alpha value is -6.94. The molecule has 4 aromatic heterocycles. The van der Waals surface area contributed by atoms with E-state index in [4.69, 9.17) is 14.7 Å². The van der Waals surface area contributed by atoms with E-state index < -0.39 is 7.40 Å². The summed E-state index contributed by atoms with van der Waals surface area (Å²) in [6.07, 6.45) is 38.8. The van der Waals surface area contributed by atoms with Crippen LogP contribution in [-0.4, -0.2) is 45.3 Å². The highest BCUT2D eigenvalue weighted by Gasteiger charge is 2.30. The molecule has 78 heavy (non-hydrogen) atoms. The number of hydrogen-bond donors (Lipinski definition) is 0. The van der Waals surface area contributed by atoms with Crippen molar-refractivity contribution >= 4 is 80.5 Å². The van der Waals surface area contributed by atoms with Crippen LogP contribution < -0.4 is 9.68 Å². The van der Waals surface area contributed by atoms with Crippen LogP contribution in [0.5, 0.6) is 0 Å². The molecule has 0 atom stereocenters. The Morgan fingerprint density at radius 3 is 1.47 bits per heavy atom. The molecule has 0 saturated heterocycles. The third-order valence-corrected chi connectivity index (χ3v) is 15.5. The first kappa shape index (κ1) is 55.8. The standard InChI is InChI=1S/C68H80BF2N5O2/c1-5-7-9-11-13-15-17-19-21-27-45-77-75-62-31-25-23-29-58(62)60-49-53(35-39-64(60)75)33-37-56-47-51(3)67(73-56)66(55-41-43-72-44-42-55)68-52(4)48-57(74(68)69(70)71)38-34-54-36-40-65-61(50-54)59-30-24-26-32-63(59)76(65)78-46-28-22-20-18-16-14-12-10-8-6-2/h23-26,29-44,47-50H,5-22,27-28,45-46H2,1-4H3/b37-33+,38-34+,67-66-. The Morgan fingerprint density at radius 2 is 0.974 bits per heavy atom. The maximum atomic E-state index is 15.7. The number of benzene rings is 4. The Morgan fingerprint density at radius 1 is 0.513 bits per heavy atom. The average Bonchev–Trinajstić information content (AvgIpc) is 4.33. The number of fused-ring (bicyclic) bond motifs is 6. The van der Waals surface area contributed by atoms with E-state index in [0.717, 1.165) is 101 Å². The number of unbranched alkanes of at least 4 members (excludes halogenated alkanes) is 18. The lowest BCUT2D eigenvalue weighted by Gasteiger charge is -2.16. The van der Waals surface area contributed by atoms with Gasteiger partial charge in [0.25, 0.3) is 0 Å². The maximum Gasteiger partial charge on any atom is 0.678 e. The first-order valence-corrected chi connectivity index (χ1v) is 29.5. The number of aryl methyl sites for hydroxylation is 1. The molecule has 4 aromatic carbocycles. The van der Waals surface area contributed by atoms with Gasteiger partial charge in [-0.2, -0.15) is 9.46 Å². The van der Waals surface area contributed by atoms with Crippen molar-refractivity contribution in [3.05, 3.63) is 173 Å². The average molecular weight is 1050 g/mol. The van der Waals surface area contributed by atoms with Crippen molar-refractivity contribution in [2.45, 2.75) is 156 Å². The second-order valence-electron chi connectivity index (χ2n) is 21.4. The zero-order chi connectivity index (χ0) is 54.1. The van der Waals surface area contributed by atoms with Crippen LogP contribution in [0.2, 0.25) is 0 Å². The molecule has 1 aliphatic heterocycles. The van der Waals surface area contributed by atoms with E-state index in [0.29, 0.717) is 35.9 Å². The molecule has 7 nitrogen and oxygen atoms in total. The molecule has 0 radical (unpaired) electrons. The van der Waals surface area contributed by atoms with E-state index in [2.05, 4.69) is 91.6 Å². The summed E-state index contributed by atoms with van der Waals surface area (Å²) in [5.74, 6) is 0. The van der Waals surface area contributed by atoms with Crippen molar-refractivity contribution in [3.8, 4) is 0 Å². The van der Waals surface area contributed by atoms with Crippen LogP contribution in [0.15, 0.2) is 144 Å². The lowest BCUT2D eigenvalue weighted by atomic mass is 9.95. The van der Waals surface area contributed by atoms with Crippen molar-refractivity contribution in [2.24, 2.45) is 4.99 Å². The topological polar surface area (TPSA) is 58.5 Å². The molecule has 0 bridgehead atoms. The van der Waals surface area contributed by atoms with E-state index in [1.807, 2.05) is 77.9 Å². The van der Waals surface area contributed by atoms with Gasteiger partial charge < -0.3 is 14.2 Å². The van der Waals surface area contributed by atoms with E-state index in [-0.39, 0.29) is 0 Å². The van der Waals surface area contributed by atoms with E-state index >= 15 is 8.63 Å². The van der Waals surface area contributed by atoms with Crippen molar-refractivity contribution < 1.29 is 18.3 Å². The molecule has 0 spiro atoms. The first-order valence-electron chi connectivity index (χ1n) is 29.5. The number of halogens is 2. The fourth-order valence-corrected chi connectivity index (χ4v) is 11.4. The normalized spacial score (nSPS) is 13.6. The molecule has 0 unspecified atom stereocenters. The summed E-state index contributed by atoms with van der Waals surface area (Å²) in [6, 6.07) is 35.0. The fourth-order valence-electron chi connectivity index (χ4n) is 11.4. The maximum absolute atomic E-state index is 15.7. The Bertz CT molecular complexity index is 3410. The minimum Gasteiger partial charge on any atom is -0.413 e. The minimum absolute atomic E-state index is 0.400. The van der Waals surface area contributed by atoms with Crippen LogP contribution in [0.25, 0.3) is 67.4 Å². The van der Waals surface area contributed by atoms with Crippen LogP contribution in [0.3, 0.4) is 0 Å². The highest BCUT2D eigenvalue weighted by Crippen LogP contribution is 2.38. The molecule has 9 rings (SSSR count). The van der Waals surface area contributed by atoms with Gasteiger partial charge in [-0.15, -0.1) is 0 Å². The quantitative estimate of drug-likeness (QED) is 0.0321. The molecule has 0 aliphatic carbocycles. The number of hydrogen-bond acceptors (Lipinski definition) is 4. The molecule has 5 heterocycles. The monoisotopic (exact) mass is 1050 g/mol. The van der Waals surface area contributed by atoms with Crippen LogP contribution >= 0.6 is 0 Å². The van der Waals surface area contributed by atoms with Crippen molar-refractivity contribution in [1.82, 2.24) is 18.9 Å². The SMILES string of the molecule is CCCCCCCCCCCCOn1c2ccccc2c2cc(/C=C/C3=NC(=C(/c4ccncc4)c4c(C)cc(/C=C/c5ccc6c(c5)c5ccccc5n6OCCCCCCCCCCCC)n4B(F)F)/C(C)=C3)ccc21. The first-order chi connectivity index (χ1) is 38.3. The van der Waals surface area contributed by atoms with Gasteiger partial charge in [-0.3, -0.25) is 13.6 Å². The molecular formula is C68H80BF2N5O2. The number of nitrogens with zero attached hydrogens (tertiary/aromatic N) is 5. The van der Waals surface area contributed by atoms with Gasteiger partial charge in [-0.25, -0.2) is 4.99 Å². The molecule has 10 heteroatoms. The lowest BCUT2D eigenvalue weighted by molar-refractivity contribution is 0.125. The minimum atomic E-state index is -2.82. The molecule has 0 saturated carbocycles. The summed E-state index contributed by atoms with van der Waals surface area (Å²) < 4.78 is 36.5. The summed E-state index contributed by atoms with van der Waals surface area (Å²) in [4.78, 5) is 22.4. The largest absolute Gasteiger partial charge is 0.678 e. The fraction of sp³-hybridized carbons (Fsp3) is 0.382. The number of aliphatic imine (C=N–C) groups is 1. The van der Waals surface area contributed by atoms with Crippen LogP contribution in [0.4, 0.5) is 8.63 Å². The zero-order valence-corrected chi connectivity index (χ0v) is 46.8. The molecule has 0 fully saturated rings. The van der Waals surface area contributed by atoms with Crippen molar-refractivity contribution in [1.29, 1.82) is 0 Å². The van der Waals surface area contributed by atoms with Crippen LogP contribution in [0, 0.1) is 6.92 Å². The zero-order valence-electron chi connectivity index (χ0n) is 46.8. The second-order valence-corrected chi connectivity index (χ2v) is 21.4. The van der Waals surface area contributed by atoms with E-state index in [9.17, 15) is 0 Å². The highest BCUT2D eigenvalue weighted by atomic mass is 19.2. The predicted octanol–water partition coefficient (Wildman–Crippen LogP) is 18.9. The van der Waals surface area contributed by atoms with Crippen molar-refractivity contribution in [3.63, 3.8) is 0 Å². The summed E-state index contributed by atoms with van der Waals surface area (Å²) in [5, 5.41) is 4.41. The van der Waals surface area contributed by atoms with Gasteiger partial charge >= 0.3 is 7.40 Å². The molecule has 1 aliphatic rings. The molecule has 0 N–H and O–H groups in total. The summed E-state index contributed by atoms with van der Waals surface area (Å²) >= 11 is 0. The number of rotatable bonds is 31. The molecule has 8 aromatic rings. The van der Waals surface area contributed by atoms with Gasteiger partial charge in [0.15, 0.2) is 0 Å². The number of allylic oxidation sites excluding steroid dienone is 3. The van der Waals surface area contributed by atoms with Gasteiger partial charge in [0.2, 0.25) is 0 Å². The van der Waals surface area contributed by atoms with Gasteiger partial charge in [-0.05, 0) is 140 Å². The Labute approximate surface area is 462 Å².